The number of aldehydes is 1. The number of carboxylic acids is 1. The summed E-state index contributed by atoms with van der Waals surface area (Å²) in [6.07, 6.45) is 1.64. The molecule has 0 aromatic heterocycles. The number of carbonyl (C=O) groups is 3. The predicted octanol–water partition coefficient (Wildman–Crippen LogP) is 0.192. The van der Waals surface area contributed by atoms with Gasteiger partial charge in [-0.25, -0.2) is 0 Å². The van der Waals surface area contributed by atoms with Crippen LogP contribution in [0.4, 0.5) is 0 Å². The van der Waals surface area contributed by atoms with Crippen molar-refractivity contribution in [2.45, 2.75) is 26.2 Å². The molecule has 0 heterocycles. The highest BCUT2D eigenvalue weighted by molar-refractivity contribution is 5.73. The van der Waals surface area contributed by atoms with Gasteiger partial charge in [0.1, 0.15) is 6.29 Å². The smallest absolute Gasteiger partial charge is 0.304 e. The van der Waals surface area contributed by atoms with E-state index in [4.69, 9.17) is 5.11 Å². The Morgan fingerprint density at radius 2 is 2.14 bits per heavy atom. The third-order valence-electron chi connectivity index (χ3n) is 1.75. The molecule has 5 nitrogen and oxygen atoms in total. The average molecular weight is 201 g/mol. The van der Waals surface area contributed by atoms with Crippen molar-refractivity contribution in [3.8, 4) is 0 Å². The van der Waals surface area contributed by atoms with E-state index in [-0.39, 0.29) is 12.3 Å². The molecule has 5 heteroatoms. The Morgan fingerprint density at radius 1 is 1.50 bits per heavy atom. The Labute approximate surface area is 82.5 Å². The minimum atomic E-state index is -0.971. The van der Waals surface area contributed by atoms with Crippen LogP contribution < -0.4 is 5.32 Å². The second-order valence-electron chi connectivity index (χ2n) is 3.12. The highest BCUT2D eigenvalue weighted by atomic mass is 16.4. The number of carbonyl (C=O) groups excluding carboxylic acids is 2. The van der Waals surface area contributed by atoms with Crippen LogP contribution in [0.15, 0.2) is 0 Å². The second-order valence-corrected chi connectivity index (χ2v) is 3.12. The third-order valence-corrected chi connectivity index (χ3v) is 1.75. The van der Waals surface area contributed by atoms with Gasteiger partial charge in [0.05, 0.1) is 6.42 Å². The first-order valence-corrected chi connectivity index (χ1v) is 4.47. The van der Waals surface area contributed by atoms with Crippen LogP contribution in [0.25, 0.3) is 0 Å². The summed E-state index contributed by atoms with van der Waals surface area (Å²) in [5.74, 6) is -1.53. The zero-order valence-corrected chi connectivity index (χ0v) is 8.16. The molecule has 2 N–H and O–H groups in total. The van der Waals surface area contributed by atoms with Crippen molar-refractivity contribution < 1.29 is 19.5 Å². The minimum absolute atomic E-state index is 0.120. The average Bonchev–Trinajstić information content (AvgIpc) is 2.09. The van der Waals surface area contributed by atoms with Gasteiger partial charge < -0.3 is 15.2 Å². The fourth-order valence-corrected chi connectivity index (χ4v) is 1.07. The van der Waals surface area contributed by atoms with Crippen molar-refractivity contribution in [1.29, 1.82) is 0 Å². The SMILES string of the molecule is CC(=O)NCCCC(C=O)CC(=O)O. The number of carboxylic acid groups (broad SMARTS) is 1. The Balaban J connectivity index is 3.57. The summed E-state index contributed by atoms with van der Waals surface area (Å²) < 4.78 is 0. The van der Waals surface area contributed by atoms with Crippen molar-refractivity contribution in [3.63, 3.8) is 0 Å². The van der Waals surface area contributed by atoms with Crippen molar-refractivity contribution in [3.05, 3.63) is 0 Å². The number of nitrogens with one attached hydrogen (secondary N) is 1. The van der Waals surface area contributed by atoms with Gasteiger partial charge in [0.25, 0.3) is 0 Å². The number of aliphatic carboxylic acids is 1. The van der Waals surface area contributed by atoms with Gasteiger partial charge in [0.15, 0.2) is 0 Å². The van der Waals surface area contributed by atoms with Gasteiger partial charge in [0.2, 0.25) is 5.91 Å². The van der Waals surface area contributed by atoms with Crippen molar-refractivity contribution >= 4 is 18.2 Å². The summed E-state index contributed by atoms with van der Waals surface area (Å²) in [4.78, 5) is 31.2. The molecule has 0 radical (unpaired) electrons. The zero-order valence-electron chi connectivity index (χ0n) is 8.16. The Kier molecular flexibility index (Phi) is 6.36. The molecule has 0 aliphatic heterocycles. The molecule has 0 aliphatic rings. The summed E-state index contributed by atoms with van der Waals surface area (Å²) in [5.41, 5.74) is 0. The summed E-state index contributed by atoms with van der Waals surface area (Å²) >= 11 is 0. The molecule has 0 aliphatic carbocycles. The number of rotatable bonds is 7. The summed E-state index contributed by atoms with van der Waals surface area (Å²) in [7, 11) is 0. The maximum Gasteiger partial charge on any atom is 0.304 e. The Bertz CT molecular complexity index is 215. The second kappa shape index (κ2) is 7.06. The van der Waals surface area contributed by atoms with Gasteiger partial charge in [0, 0.05) is 19.4 Å². The fraction of sp³-hybridized carbons (Fsp3) is 0.667. The van der Waals surface area contributed by atoms with Gasteiger partial charge >= 0.3 is 5.97 Å². The first-order valence-electron chi connectivity index (χ1n) is 4.47. The van der Waals surface area contributed by atoms with E-state index < -0.39 is 11.9 Å². The summed E-state index contributed by atoms with van der Waals surface area (Å²) in [6, 6.07) is 0. The molecule has 0 aromatic carbocycles. The fourth-order valence-electron chi connectivity index (χ4n) is 1.07. The van der Waals surface area contributed by atoms with Gasteiger partial charge in [-0.3, -0.25) is 9.59 Å². The van der Waals surface area contributed by atoms with E-state index in [9.17, 15) is 14.4 Å². The van der Waals surface area contributed by atoms with Crippen LogP contribution >= 0.6 is 0 Å². The molecule has 0 fully saturated rings. The first kappa shape index (κ1) is 12.6. The van der Waals surface area contributed by atoms with E-state index in [0.29, 0.717) is 25.7 Å². The molecule has 1 atom stereocenters. The predicted molar refractivity (Wildman–Crippen MR) is 49.7 cm³/mol. The lowest BCUT2D eigenvalue weighted by molar-refractivity contribution is -0.139. The first-order chi connectivity index (χ1) is 6.56. The lowest BCUT2D eigenvalue weighted by Gasteiger charge is -2.06. The largest absolute Gasteiger partial charge is 0.481 e. The molecular formula is C9H15NO4. The quantitative estimate of drug-likeness (QED) is 0.455. The van der Waals surface area contributed by atoms with Crippen LogP contribution in [0.3, 0.4) is 0 Å². The van der Waals surface area contributed by atoms with E-state index in [1.807, 2.05) is 0 Å². The molecule has 0 bridgehead atoms. The molecule has 1 amide bonds. The van der Waals surface area contributed by atoms with Crippen LogP contribution in [0.1, 0.15) is 26.2 Å². The Hall–Kier alpha value is -1.39. The molecular weight excluding hydrogens is 186 g/mol. The van der Waals surface area contributed by atoms with Crippen LogP contribution in [-0.4, -0.2) is 29.8 Å². The molecule has 0 aromatic rings. The van der Waals surface area contributed by atoms with Crippen LogP contribution in [-0.2, 0) is 14.4 Å². The normalized spacial score (nSPS) is 11.8. The molecule has 0 spiro atoms. The monoisotopic (exact) mass is 201 g/mol. The molecule has 0 saturated carbocycles. The molecule has 0 saturated heterocycles. The van der Waals surface area contributed by atoms with Crippen molar-refractivity contribution in [2.24, 2.45) is 5.92 Å². The molecule has 80 valence electrons. The molecule has 1 unspecified atom stereocenters. The van der Waals surface area contributed by atoms with E-state index in [0.717, 1.165) is 0 Å². The van der Waals surface area contributed by atoms with Crippen LogP contribution in [0.2, 0.25) is 0 Å². The highest BCUT2D eigenvalue weighted by Gasteiger charge is 2.11. The zero-order chi connectivity index (χ0) is 11.0. The van der Waals surface area contributed by atoms with Crippen LogP contribution in [0.5, 0.6) is 0 Å². The van der Waals surface area contributed by atoms with E-state index in [1.54, 1.807) is 0 Å². The number of amides is 1. The number of hydrogen-bond acceptors (Lipinski definition) is 3. The van der Waals surface area contributed by atoms with E-state index in [1.165, 1.54) is 6.92 Å². The maximum absolute atomic E-state index is 10.5. The minimum Gasteiger partial charge on any atom is -0.481 e. The van der Waals surface area contributed by atoms with Crippen molar-refractivity contribution in [1.82, 2.24) is 5.32 Å². The summed E-state index contributed by atoms with van der Waals surface area (Å²) in [6.45, 7) is 1.90. The van der Waals surface area contributed by atoms with Gasteiger partial charge in [-0.2, -0.15) is 0 Å². The summed E-state index contributed by atoms with van der Waals surface area (Å²) in [5, 5.41) is 11.0. The highest BCUT2D eigenvalue weighted by Crippen LogP contribution is 2.07. The van der Waals surface area contributed by atoms with E-state index in [2.05, 4.69) is 5.32 Å². The van der Waals surface area contributed by atoms with Gasteiger partial charge in [-0.1, -0.05) is 0 Å². The lowest BCUT2D eigenvalue weighted by Crippen LogP contribution is -2.22. The van der Waals surface area contributed by atoms with Crippen molar-refractivity contribution in [2.75, 3.05) is 6.54 Å². The topological polar surface area (TPSA) is 83.5 Å². The lowest BCUT2D eigenvalue weighted by atomic mass is 10.0. The van der Waals surface area contributed by atoms with E-state index >= 15 is 0 Å². The maximum atomic E-state index is 10.5. The third kappa shape index (κ3) is 7.27. The standard InChI is InChI=1S/C9H15NO4/c1-7(12)10-4-2-3-8(6-11)5-9(13)14/h6,8H,2-5H2,1H3,(H,10,12)(H,13,14). The Morgan fingerprint density at radius 3 is 2.57 bits per heavy atom. The van der Waals surface area contributed by atoms with Gasteiger partial charge in [-0.15, -0.1) is 0 Å². The van der Waals surface area contributed by atoms with Crippen LogP contribution in [0, 0.1) is 5.92 Å². The molecule has 0 rings (SSSR count). The molecule has 14 heavy (non-hydrogen) atoms. The number of hydrogen-bond donors (Lipinski definition) is 2. The van der Waals surface area contributed by atoms with Gasteiger partial charge in [-0.05, 0) is 12.8 Å².